The molecular formula is C13H20N2O3. The molecule has 1 aromatic carbocycles. The highest BCUT2D eigenvalue weighted by Gasteiger charge is 2.25. The minimum absolute atomic E-state index is 0.126. The Morgan fingerprint density at radius 2 is 2.22 bits per heavy atom. The first-order valence-corrected chi connectivity index (χ1v) is 5.83. The molecule has 1 unspecified atom stereocenters. The second-order valence-electron chi connectivity index (χ2n) is 4.45. The molecule has 1 amide bonds. The summed E-state index contributed by atoms with van der Waals surface area (Å²) >= 11 is 0. The zero-order valence-corrected chi connectivity index (χ0v) is 11.0. The van der Waals surface area contributed by atoms with Crippen molar-refractivity contribution in [1.29, 1.82) is 0 Å². The second kappa shape index (κ2) is 5.73. The average molecular weight is 252 g/mol. The summed E-state index contributed by atoms with van der Waals surface area (Å²) in [6.45, 7) is 3.55. The third-order valence-electron chi connectivity index (χ3n) is 3.08. The van der Waals surface area contributed by atoms with Crippen LogP contribution in [0.25, 0.3) is 0 Å². The molecule has 100 valence electrons. The number of nitrogen functional groups attached to an aromatic ring is 1. The summed E-state index contributed by atoms with van der Waals surface area (Å²) in [7, 11) is 1.50. The van der Waals surface area contributed by atoms with Gasteiger partial charge in [0.05, 0.1) is 30.5 Å². The number of anilines is 1. The molecule has 5 nitrogen and oxygen atoms in total. The topological polar surface area (TPSA) is 84.6 Å². The van der Waals surface area contributed by atoms with Crippen molar-refractivity contribution < 1.29 is 14.6 Å². The number of ether oxygens (including phenoxy) is 1. The lowest BCUT2D eigenvalue weighted by Crippen LogP contribution is -2.48. The summed E-state index contributed by atoms with van der Waals surface area (Å²) in [4.78, 5) is 12.1. The smallest absolute Gasteiger partial charge is 0.254 e. The molecule has 0 bridgehead atoms. The van der Waals surface area contributed by atoms with Crippen LogP contribution in [-0.4, -0.2) is 30.3 Å². The van der Waals surface area contributed by atoms with E-state index in [1.165, 1.54) is 7.11 Å². The van der Waals surface area contributed by atoms with Crippen molar-refractivity contribution in [2.45, 2.75) is 25.8 Å². The predicted octanol–water partition coefficient (Wildman–Crippen LogP) is 1.17. The van der Waals surface area contributed by atoms with Gasteiger partial charge in [0.15, 0.2) is 0 Å². The Balaban J connectivity index is 2.98. The average Bonchev–Trinajstić information content (AvgIpc) is 2.38. The summed E-state index contributed by atoms with van der Waals surface area (Å²) < 4.78 is 5.06. The maximum absolute atomic E-state index is 12.1. The number of carbonyl (C=O) groups excluding carboxylic acids is 1. The SMILES string of the molecule is CCC(C)(CO)NC(=O)c1cccc(OC)c1N. The minimum Gasteiger partial charge on any atom is -0.495 e. The van der Waals surface area contributed by atoms with Gasteiger partial charge in [-0.2, -0.15) is 0 Å². The Morgan fingerprint density at radius 3 is 2.72 bits per heavy atom. The molecule has 5 heteroatoms. The summed E-state index contributed by atoms with van der Waals surface area (Å²) in [5, 5.41) is 12.1. The van der Waals surface area contributed by atoms with Gasteiger partial charge in [0.2, 0.25) is 0 Å². The van der Waals surface area contributed by atoms with Crippen LogP contribution in [0.1, 0.15) is 30.6 Å². The van der Waals surface area contributed by atoms with E-state index in [9.17, 15) is 9.90 Å². The lowest BCUT2D eigenvalue weighted by Gasteiger charge is -2.27. The van der Waals surface area contributed by atoms with Crippen LogP contribution in [-0.2, 0) is 0 Å². The van der Waals surface area contributed by atoms with Gasteiger partial charge >= 0.3 is 0 Å². The van der Waals surface area contributed by atoms with Crippen LogP contribution in [0.3, 0.4) is 0 Å². The Morgan fingerprint density at radius 1 is 1.56 bits per heavy atom. The molecular weight excluding hydrogens is 232 g/mol. The molecule has 1 atom stereocenters. The van der Waals surface area contributed by atoms with Gasteiger partial charge in [-0.3, -0.25) is 4.79 Å². The molecule has 1 rings (SSSR count). The first-order valence-electron chi connectivity index (χ1n) is 5.83. The van der Waals surface area contributed by atoms with Crippen LogP contribution in [0.15, 0.2) is 18.2 Å². The molecule has 0 aliphatic heterocycles. The summed E-state index contributed by atoms with van der Waals surface area (Å²) in [6, 6.07) is 5.02. The molecule has 18 heavy (non-hydrogen) atoms. The van der Waals surface area contributed by atoms with E-state index in [0.29, 0.717) is 23.4 Å². The normalized spacial score (nSPS) is 13.8. The highest BCUT2D eigenvalue weighted by molar-refractivity contribution is 6.00. The second-order valence-corrected chi connectivity index (χ2v) is 4.45. The van der Waals surface area contributed by atoms with Crippen LogP contribution in [0, 0.1) is 0 Å². The first kappa shape index (κ1) is 14.3. The zero-order valence-electron chi connectivity index (χ0n) is 11.0. The number of nitrogens with two attached hydrogens (primary N) is 1. The molecule has 1 aromatic rings. The number of hydrogen-bond donors (Lipinski definition) is 3. The van der Waals surface area contributed by atoms with E-state index < -0.39 is 5.54 Å². The number of amides is 1. The van der Waals surface area contributed by atoms with E-state index in [4.69, 9.17) is 10.5 Å². The fraction of sp³-hybridized carbons (Fsp3) is 0.462. The Labute approximate surface area is 107 Å². The molecule has 0 spiro atoms. The van der Waals surface area contributed by atoms with Crippen LogP contribution in [0.5, 0.6) is 5.75 Å². The molecule has 0 aliphatic carbocycles. The molecule has 0 aliphatic rings. The fourth-order valence-corrected chi connectivity index (χ4v) is 1.50. The molecule has 0 fully saturated rings. The van der Waals surface area contributed by atoms with Gasteiger partial charge in [-0.05, 0) is 25.5 Å². The van der Waals surface area contributed by atoms with Gasteiger partial charge in [0.1, 0.15) is 5.75 Å². The zero-order chi connectivity index (χ0) is 13.8. The summed E-state index contributed by atoms with van der Waals surface area (Å²) in [6.07, 6.45) is 0.624. The van der Waals surface area contributed by atoms with Gasteiger partial charge in [0.25, 0.3) is 5.91 Å². The molecule has 0 saturated heterocycles. The highest BCUT2D eigenvalue weighted by atomic mass is 16.5. The van der Waals surface area contributed by atoms with Crippen LogP contribution in [0.2, 0.25) is 0 Å². The van der Waals surface area contributed by atoms with Gasteiger partial charge in [-0.25, -0.2) is 0 Å². The lowest BCUT2D eigenvalue weighted by molar-refractivity contribution is 0.0848. The van der Waals surface area contributed by atoms with E-state index in [0.717, 1.165) is 0 Å². The Bertz CT molecular complexity index is 428. The minimum atomic E-state index is -0.646. The Kier molecular flexibility index (Phi) is 4.55. The van der Waals surface area contributed by atoms with Crippen LogP contribution in [0.4, 0.5) is 5.69 Å². The molecule has 0 aromatic heterocycles. The quantitative estimate of drug-likeness (QED) is 0.687. The number of para-hydroxylation sites is 1. The van der Waals surface area contributed by atoms with Crippen molar-refractivity contribution in [2.24, 2.45) is 0 Å². The monoisotopic (exact) mass is 252 g/mol. The predicted molar refractivity (Wildman–Crippen MR) is 70.7 cm³/mol. The highest BCUT2D eigenvalue weighted by Crippen LogP contribution is 2.25. The van der Waals surface area contributed by atoms with Gasteiger partial charge in [-0.1, -0.05) is 13.0 Å². The number of carbonyl (C=O) groups is 1. The van der Waals surface area contributed by atoms with Crippen molar-refractivity contribution >= 4 is 11.6 Å². The first-order chi connectivity index (χ1) is 8.47. The van der Waals surface area contributed by atoms with E-state index in [2.05, 4.69) is 5.32 Å². The van der Waals surface area contributed by atoms with Crippen LogP contribution < -0.4 is 15.8 Å². The van der Waals surface area contributed by atoms with Gasteiger partial charge in [0, 0.05) is 0 Å². The number of rotatable bonds is 5. The number of hydrogen-bond acceptors (Lipinski definition) is 4. The molecule has 0 radical (unpaired) electrons. The molecule has 0 heterocycles. The van der Waals surface area contributed by atoms with Gasteiger partial charge < -0.3 is 20.9 Å². The summed E-state index contributed by atoms with van der Waals surface area (Å²) in [5.41, 5.74) is 5.85. The van der Waals surface area contributed by atoms with E-state index in [1.54, 1.807) is 25.1 Å². The number of benzene rings is 1. The van der Waals surface area contributed by atoms with Crippen molar-refractivity contribution in [3.05, 3.63) is 23.8 Å². The third kappa shape index (κ3) is 2.92. The van der Waals surface area contributed by atoms with E-state index in [1.807, 2.05) is 6.92 Å². The maximum Gasteiger partial charge on any atom is 0.254 e. The van der Waals surface area contributed by atoms with Crippen LogP contribution >= 0.6 is 0 Å². The largest absolute Gasteiger partial charge is 0.495 e. The number of aliphatic hydroxyl groups excluding tert-OH is 1. The maximum atomic E-state index is 12.1. The number of nitrogens with one attached hydrogen (secondary N) is 1. The van der Waals surface area contributed by atoms with Gasteiger partial charge in [-0.15, -0.1) is 0 Å². The standard InChI is InChI=1S/C13H20N2O3/c1-4-13(2,8-16)15-12(17)9-6-5-7-10(18-3)11(9)14/h5-7,16H,4,8,14H2,1-3H3,(H,15,17). The fourth-order valence-electron chi connectivity index (χ4n) is 1.50. The van der Waals surface area contributed by atoms with E-state index in [-0.39, 0.29) is 12.5 Å². The third-order valence-corrected chi connectivity index (χ3v) is 3.08. The van der Waals surface area contributed by atoms with Crippen molar-refractivity contribution in [3.8, 4) is 5.75 Å². The number of methoxy groups -OCH3 is 1. The number of aliphatic hydroxyl groups is 1. The molecule has 4 N–H and O–H groups in total. The lowest BCUT2D eigenvalue weighted by atomic mass is 9.99. The van der Waals surface area contributed by atoms with Crippen molar-refractivity contribution in [3.63, 3.8) is 0 Å². The van der Waals surface area contributed by atoms with Crippen molar-refractivity contribution in [2.75, 3.05) is 19.5 Å². The van der Waals surface area contributed by atoms with E-state index >= 15 is 0 Å². The Hall–Kier alpha value is -1.75. The molecule has 0 saturated carbocycles. The van der Waals surface area contributed by atoms with Crippen molar-refractivity contribution in [1.82, 2.24) is 5.32 Å². The summed E-state index contributed by atoms with van der Waals surface area (Å²) in [5.74, 6) is 0.148.